The monoisotopic (exact) mass is 464 g/mol. The van der Waals surface area contributed by atoms with Crippen molar-refractivity contribution in [2.75, 3.05) is 13.1 Å². The molecule has 0 saturated carbocycles. The van der Waals surface area contributed by atoms with Crippen molar-refractivity contribution in [3.63, 3.8) is 0 Å². The second kappa shape index (κ2) is 9.04. The zero-order valence-electron chi connectivity index (χ0n) is 20.6. The van der Waals surface area contributed by atoms with Crippen molar-refractivity contribution in [3.05, 3.63) is 99.9 Å². The minimum Gasteiger partial charge on any atom is -0.334 e. The number of amides is 1. The number of carbonyl (C=O) groups excluding carboxylic acids is 1. The van der Waals surface area contributed by atoms with Crippen molar-refractivity contribution >= 4 is 11.6 Å². The Kier molecular flexibility index (Phi) is 5.73. The number of nitrogens with zero attached hydrogens (tertiary/aromatic N) is 4. The summed E-state index contributed by atoms with van der Waals surface area (Å²) in [4.78, 5) is 27.2. The topological polar surface area (TPSA) is 48.8 Å². The van der Waals surface area contributed by atoms with Crippen LogP contribution in [0, 0.1) is 6.92 Å². The van der Waals surface area contributed by atoms with E-state index in [4.69, 9.17) is 4.99 Å². The summed E-state index contributed by atoms with van der Waals surface area (Å²) < 4.78 is 0. The highest BCUT2D eigenvalue weighted by Gasteiger charge is 2.34. The molecule has 6 rings (SSSR count). The number of benzene rings is 2. The van der Waals surface area contributed by atoms with E-state index in [9.17, 15) is 4.79 Å². The Morgan fingerprint density at radius 1 is 1.03 bits per heavy atom. The summed E-state index contributed by atoms with van der Waals surface area (Å²) in [7, 11) is 0. The highest BCUT2D eigenvalue weighted by atomic mass is 16.2. The quantitative estimate of drug-likeness (QED) is 0.555. The Morgan fingerprint density at radius 2 is 1.89 bits per heavy atom. The normalized spacial score (nSPS) is 20.9. The van der Waals surface area contributed by atoms with E-state index in [2.05, 4.69) is 70.2 Å². The maximum atomic E-state index is 13.3. The number of fused-ring (bicyclic) bond motifs is 2. The summed E-state index contributed by atoms with van der Waals surface area (Å²) in [5.74, 6) is 0.264. The molecule has 1 amide bonds. The molecule has 5 heteroatoms. The SMILES string of the molecule is Cc1cc(C2=NCc3cc4c(cc32)CN([C@@H]2CCCN(C(C)c3ccccc3)C2)C(=O)C4)ccn1. The molecular weight excluding hydrogens is 432 g/mol. The largest absolute Gasteiger partial charge is 0.334 e. The molecule has 3 aromatic rings. The lowest BCUT2D eigenvalue weighted by atomic mass is 9.89. The molecule has 2 aromatic carbocycles. The molecular formula is C30H32N4O. The van der Waals surface area contributed by atoms with Crippen LogP contribution < -0.4 is 0 Å². The van der Waals surface area contributed by atoms with Crippen LogP contribution in [0.15, 0.2) is 65.8 Å². The summed E-state index contributed by atoms with van der Waals surface area (Å²) >= 11 is 0. The van der Waals surface area contributed by atoms with Crippen LogP contribution in [0.25, 0.3) is 0 Å². The Labute approximate surface area is 207 Å². The molecule has 1 aromatic heterocycles. The van der Waals surface area contributed by atoms with Crippen molar-refractivity contribution < 1.29 is 4.79 Å². The van der Waals surface area contributed by atoms with Crippen LogP contribution >= 0.6 is 0 Å². The first-order chi connectivity index (χ1) is 17.1. The van der Waals surface area contributed by atoms with Gasteiger partial charge in [-0.3, -0.25) is 19.7 Å². The molecule has 0 radical (unpaired) electrons. The molecule has 1 fully saturated rings. The van der Waals surface area contributed by atoms with Crippen LogP contribution in [0.1, 0.15) is 64.9 Å². The van der Waals surface area contributed by atoms with E-state index < -0.39 is 0 Å². The van der Waals surface area contributed by atoms with E-state index in [0.717, 1.165) is 42.9 Å². The first-order valence-corrected chi connectivity index (χ1v) is 12.8. The van der Waals surface area contributed by atoms with Crippen LogP contribution in [0.3, 0.4) is 0 Å². The average molecular weight is 465 g/mol. The van der Waals surface area contributed by atoms with Gasteiger partial charge in [-0.2, -0.15) is 0 Å². The van der Waals surface area contributed by atoms with E-state index in [-0.39, 0.29) is 11.9 Å². The molecule has 0 aliphatic carbocycles. The standard InChI is InChI=1S/C30H32N4O/c1-20-13-23(10-11-31-20)30-28-15-26-18-34(29(35)16-24(26)14-25(28)17-32-30)27-9-6-12-33(19-27)21(2)22-7-4-3-5-8-22/h3-5,7-8,10-11,13-15,21,27H,6,9,12,16-19H2,1-2H3/t21?,27-/m1/s1. The van der Waals surface area contributed by atoms with E-state index in [1.54, 1.807) is 0 Å². The zero-order valence-corrected chi connectivity index (χ0v) is 20.6. The Bertz CT molecular complexity index is 1300. The van der Waals surface area contributed by atoms with Crippen molar-refractivity contribution in [3.8, 4) is 0 Å². The molecule has 1 unspecified atom stereocenters. The van der Waals surface area contributed by atoms with Crippen molar-refractivity contribution in [2.45, 2.75) is 58.3 Å². The molecule has 0 N–H and O–H groups in total. The Hall–Kier alpha value is -3.31. The second-order valence-corrected chi connectivity index (χ2v) is 10.2. The third-order valence-electron chi connectivity index (χ3n) is 7.96. The van der Waals surface area contributed by atoms with Gasteiger partial charge in [0.05, 0.1) is 18.7 Å². The highest BCUT2D eigenvalue weighted by Crippen LogP contribution is 2.33. The van der Waals surface area contributed by atoms with E-state index >= 15 is 0 Å². The van der Waals surface area contributed by atoms with Crippen LogP contribution in [0.5, 0.6) is 0 Å². The third-order valence-corrected chi connectivity index (χ3v) is 7.96. The molecule has 1 saturated heterocycles. The lowest BCUT2D eigenvalue weighted by molar-refractivity contribution is -0.136. The van der Waals surface area contributed by atoms with Crippen molar-refractivity contribution in [2.24, 2.45) is 4.99 Å². The number of piperidine rings is 1. The summed E-state index contributed by atoms with van der Waals surface area (Å²) in [6.45, 7) is 7.71. The number of aliphatic imine (C=N–C) groups is 1. The molecule has 2 atom stereocenters. The fourth-order valence-electron chi connectivity index (χ4n) is 5.99. The number of hydrogen-bond donors (Lipinski definition) is 0. The van der Waals surface area contributed by atoms with Crippen LogP contribution in [-0.4, -0.2) is 45.5 Å². The van der Waals surface area contributed by atoms with E-state index in [1.165, 1.54) is 27.8 Å². The summed E-state index contributed by atoms with van der Waals surface area (Å²) in [5.41, 5.74) is 9.42. The number of rotatable bonds is 4. The molecule has 5 nitrogen and oxygen atoms in total. The van der Waals surface area contributed by atoms with Gasteiger partial charge in [0.2, 0.25) is 5.91 Å². The van der Waals surface area contributed by atoms with Gasteiger partial charge in [-0.1, -0.05) is 36.4 Å². The van der Waals surface area contributed by atoms with Crippen LogP contribution in [-0.2, 0) is 24.3 Å². The van der Waals surface area contributed by atoms with Crippen LogP contribution in [0.4, 0.5) is 0 Å². The van der Waals surface area contributed by atoms with E-state index in [0.29, 0.717) is 25.6 Å². The first kappa shape index (κ1) is 22.2. The van der Waals surface area contributed by atoms with Gasteiger partial charge in [0.1, 0.15) is 0 Å². The number of aryl methyl sites for hydroxylation is 1. The smallest absolute Gasteiger partial charge is 0.227 e. The van der Waals surface area contributed by atoms with Gasteiger partial charge in [0.25, 0.3) is 0 Å². The Balaban J connectivity index is 1.24. The van der Waals surface area contributed by atoms with E-state index in [1.807, 2.05) is 19.2 Å². The maximum absolute atomic E-state index is 13.3. The number of pyridine rings is 1. The number of hydrogen-bond acceptors (Lipinski definition) is 4. The summed E-state index contributed by atoms with van der Waals surface area (Å²) in [6.07, 6.45) is 4.56. The molecule has 0 spiro atoms. The second-order valence-electron chi connectivity index (χ2n) is 10.2. The molecule has 4 heterocycles. The van der Waals surface area contributed by atoms with Gasteiger partial charge in [-0.05, 0) is 73.7 Å². The summed E-state index contributed by atoms with van der Waals surface area (Å²) in [5, 5.41) is 0. The van der Waals surface area contributed by atoms with Crippen molar-refractivity contribution in [1.29, 1.82) is 0 Å². The highest BCUT2D eigenvalue weighted by molar-refractivity contribution is 6.15. The van der Waals surface area contributed by atoms with Gasteiger partial charge in [0, 0.05) is 48.2 Å². The lowest BCUT2D eigenvalue weighted by Crippen LogP contribution is -2.52. The van der Waals surface area contributed by atoms with Gasteiger partial charge in [-0.15, -0.1) is 0 Å². The Morgan fingerprint density at radius 3 is 2.71 bits per heavy atom. The molecule has 3 aliphatic rings. The van der Waals surface area contributed by atoms with Gasteiger partial charge in [0.15, 0.2) is 0 Å². The summed E-state index contributed by atoms with van der Waals surface area (Å²) in [6, 6.07) is 20.0. The predicted octanol–water partition coefficient (Wildman–Crippen LogP) is 4.85. The predicted molar refractivity (Wildman–Crippen MR) is 138 cm³/mol. The first-order valence-electron chi connectivity index (χ1n) is 12.8. The zero-order chi connectivity index (χ0) is 23.9. The minimum atomic E-state index is 0.264. The lowest BCUT2D eigenvalue weighted by Gasteiger charge is -2.43. The molecule has 178 valence electrons. The van der Waals surface area contributed by atoms with Gasteiger partial charge >= 0.3 is 0 Å². The maximum Gasteiger partial charge on any atom is 0.227 e. The molecule has 35 heavy (non-hydrogen) atoms. The molecule has 3 aliphatic heterocycles. The number of aromatic nitrogens is 1. The number of carbonyl (C=O) groups is 1. The van der Waals surface area contributed by atoms with Crippen molar-refractivity contribution in [1.82, 2.24) is 14.8 Å². The fourth-order valence-corrected chi connectivity index (χ4v) is 5.99. The molecule has 0 bridgehead atoms. The minimum absolute atomic E-state index is 0.264. The van der Waals surface area contributed by atoms with Gasteiger partial charge in [-0.25, -0.2) is 0 Å². The number of likely N-dealkylation sites (tertiary alicyclic amines) is 1. The van der Waals surface area contributed by atoms with Gasteiger partial charge < -0.3 is 4.90 Å². The third kappa shape index (κ3) is 4.19. The fraction of sp³-hybridized carbons (Fsp3) is 0.367. The van der Waals surface area contributed by atoms with Crippen LogP contribution in [0.2, 0.25) is 0 Å². The average Bonchev–Trinajstić information content (AvgIpc) is 3.30.